The van der Waals surface area contributed by atoms with Crippen molar-refractivity contribution < 1.29 is 18.5 Å². The van der Waals surface area contributed by atoms with Gasteiger partial charge in [-0.05, 0) is 48.0 Å². The first kappa shape index (κ1) is 24.8. The Hall–Kier alpha value is -4.29. The summed E-state index contributed by atoms with van der Waals surface area (Å²) in [7, 11) is -0.180. The molecule has 1 unspecified atom stereocenters. The summed E-state index contributed by atoms with van der Waals surface area (Å²) >= 11 is 0. The van der Waals surface area contributed by atoms with Gasteiger partial charge in [0.15, 0.2) is 5.78 Å². The van der Waals surface area contributed by atoms with Crippen molar-refractivity contribution in [1.29, 1.82) is 0 Å². The lowest BCUT2D eigenvalue weighted by atomic mass is 10.2. The fourth-order valence-electron chi connectivity index (χ4n) is 3.55. The van der Waals surface area contributed by atoms with Gasteiger partial charge in [0.2, 0.25) is 0 Å². The topological polar surface area (TPSA) is 93.9 Å². The second-order valence-electron chi connectivity index (χ2n) is 8.19. The number of anilines is 2. The van der Waals surface area contributed by atoms with Crippen LogP contribution in [-0.4, -0.2) is 19.0 Å². The third-order valence-corrected chi connectivity index (χ3v) is 7.34. The van der Waals surface area contributed by atoms with Gasteiger partial charge in [-0.15, -0.1) is 0 Å². The minimum absolute atomic E-state index is 0.0931. The third-order valence-electron chi connectivity index (χ3n) is 5.35. The van der Waals surface area contributed by atoms with Crippen molar-refractivity contribution in [1.82, 2.24) is 0 Å². The van der Waals surface area contributed by atoms with Crippen molar-refractivity contribution >= 4 is 24.7 Å². The fraction of sp³-hybridized carbons (Fsp3) is 0.111. The lowest BCUT2D eigenvalue weighted by Crippen LogP contribution is -2.18. The van der Waals surface area contributed by atoms with Crippen LogP contribution in [-0.2, 0) is 4.57 Å². The van der Waals surface area contributed by atoms with E-state index < -0.39 is 18.3 Å². The van der Waals surface area contributed by atoms with Crippen LogP contribution in [0.25, 0.3) is 0 Å². The predicted octanol–water partition coefficient (Wildman–Crippen LogP) is 7.12. The lowest BCUT2D eigenvalue weighted by Gasteiger charge is -2.29. The van der Waals surface area contributed by atoms with Crippen LogP contribution in [0, 0.1) is 10.1 Å². The number of hydrogen-bond donors (Lipinski definition) is 1. The summed E-state index contributed by atoms with van der Waals surface area (Å²) in [6.45, 7) is 0. The Morgan fingerprint density at radius 3 is 1.86 bits per heavy atom. The van der Waals surface area contributed by atoms with Crippen LogP contribution in [0.5, 0.6) is 11.5 Å². The number of nitrogens with zero attached hydrogens (tertiary/aromatic N) is 2. The van der Waals surface area contributed by atoms with Gasteiger partial charge in [-0.3, -0.25) is 10.1 Å². The Labute approximate surface area is 209 Å². The number of nitro benzene ring substituents is 1. The third kappa shape index (κ3) is 6.03. The van der Waals surface area contributed by atoms with E-state index in [0.717, 1.165) is 5.69 Å². The molecule has 8 nitrogen and oxygen atoms in total. The number of para-hydroxylation sites is 2. The molecule has 4 rings (SSSR count). The summed E-state index contributed by atoms with van der Waals surface area (Å²) in [4.78, 5) is 12.8. The minimum atomic E-state index is -4.03. The molecule has 0 bridgehead atoms. The zero-order valence-corrected chi connectivity index (χ0v) is 20.7. The normalized spacial score (nSPS) is 11.8. The first-order valence-electron chi connectivity index (χ1n) is 11.2. The van der Waals surface area contributed by atoms with E-state index in [9.17, 15) is 14.7 Å². The standard InChI is InChI=1S/C27H26N3O5P/c1-29(2)23-18-16-21(17-19-23)27(28-22-10-9-11-24(20-22)30(31)32)36(33,34-25-12-5-3-6-13-25)35-26-14-7-4-8-15-26/h3-20,27-28H,1-2H3. The summed E-state index contributed by atoms with van der Waals surface area (Å²) in [5, 5.41) is 14.5. The maximum absolute atomic E-state index is 14.6. The molecule has 4 aromatic carbocycles. The molecule has 0 aliphatic heterocycles. The number of rotatable bonds is 10. The molecule has 0 heterocycles. The predicted molar refractivity (Wildman–Crippen MR) is 142 cm³/mol. The Morgan fingerprint density at radius 2 is 1.36 bits per heavy atom. The average molecular weight is 503 g/mol. The van der Waals surface area contributed by atoms with Gasteiger partial charge in [0.1, 0.15) is 11.5 Å². The average Bonchev–Trinajstić information content (AvgIpc) is 2.88. The lowest BCUT2D eigenvalue weighted by molar-refractivity contribution is -0.384. The van der Waals surface area contributed by atoms with E-state index in [-0.39, 0.29) is 5.69 Å². The monoisotopic (exact) mass is 503 g/mol. The van der Waals surface area contributed by atoms with Crippen molar-refractivity contribution in [3.8, 4) is 11.5 Å². The number of non-ortho nitro benzene ring substituents is 1. The Kier molecular flexibility index (Phi) is 7.56. The van der Waals surface area contributed by atoms with E-state index in [1.807, 2.05) is 55.4 Å². The first-order valence-corrected chi connectivity index (χ1v) is 12.8. The van der Waals surface area contributed by atoms with Gasteiger partial charge < -0.3 is 19.3 Å². The van der Waals surface area contributed by atoms with Gasteiger partial charge in [-0.2, -0.15) is 0 Å². The van der Waals surface area contributed by atoms with Crippen LogP contribution in [0.15, 0.2) is 109 Å². The Bertz CT molecular complexity index is 1300. The van der Waals surface area contributed by atoms with Gasteiger partial charge in [-0.1, -0.05) is 54.6 Å². The Balaban J connectivity index is 1.82. The molecule has 0 fully saturated rings. The van der Waals surface area contributed by atoms with Crippen molar-refractivity contribution in [3.63, 3.8) is 0 Å². The molecule has 36 heavy (non-hydrogen) atoms. The van der Waals surface area contributed by atoms with Crippen LogP contribution in [0.2, 0.25) is 0 Å². The second kappa shape index (κ2) is 11.0. The van der Waals surface area contributed by atoms with Gasteiger partial charge >= 0.3 is 7.60 Å². The van der Waals surface area contributed by atoms with E-state index in [2.05, 4.69) is 5.32 Å². The fourth-order valence-corrected chi connectivity index (χ4v) is 5.47. The molecule has 0 saturated heterocycles. The molecule has 0 spiro atoms. The van der Waals surface area contributed by atoms with Crippen LogP contribution < -0.4 is 19.3 Å². The van der Waals surface area contributed by atoms with E-state index >= 15 is 0 Å². The zero-order chi connectivity index (χ0) is 25.5. The molecule has 9 heteroatoms. The van der Waals surface area contributed by atoms with E-state index in [4.69, 9.17) is 9.05 Å². The highest BCUT2D eigenvalue weighted by Crippen LogP contribution is 2.60. The zero-order valence-electron chi connectivity index (χ0n) is 19.9. The first-order chi connectivity index (χ1) is 17.3. The largest absolute Gasteiger partial charge is 0.457 e. The second-order valence-corrected chi connectivity index (χ2v) is 10.2. The van der Waals surface area contributed by atoms with Gasteiger partial charge in [0.05, 0.1) is 4.92 Å². The molecule has 0 amide bonds. The molecular weight excluding hydrogens is 477 g/mol. The summed E-state index contributed by atoms with van der Waals surface area (Å²) in [5.41, 5.74) is 1.89. The van der Waals surface area contributed by atoms with E-state index in [1.54, 1.807) is 60.7 Å². The van der Waals surface area contributed by atoms with E-state index in [1.165, 1.54) is 12.1 Å². The molecule has 184 valence electrons. The van der Waals surface area contributed by atoms with Crippen LogP contribution >= 0.6 is 7.60 Å². The van der Waals surface area contributed by atoms with Crippen molar-refractivity contribution in [2.45, 2.75) is 5.78 Å². The van der Waals surface area contributed by atoms with Crippen LogP contribution in [0.4, 0.5) is 17.1 Å². The van der Waals surface area contributed by atoms with Crippen molar-refractivity contribution in [2.75, 3.05) is 24.3 Å². The van der Waals surface area contributed by atoms with Crippen LogP contribution in [0.1, 0.15) is 11.3 Å². The molecule has 4 aromatic rings. The van der Waals surface area contributed by atoms with Gasteiger partial charge in [-0.25, -0.2) is 4.57 Å². The summed E-state index contributed by atoms with van der Waals surface area (Å²) in [5.74, 6) is -0.254. The number of hydrogen-bond acceptors (Lipinski definition) is 7. The SMILES string of the molecule is CN(C)c1ccc(C(Nc2cccc([N+](=O)[O-])c2)P(=O)(Oc2ccccc2)Oc2ccccc2)cc1. The molecule has 0 radical (unpaired) electrons. The van der Waals surface area contributed by atoms with Crippen molar-refractivity contribution in [3.05, 3.63) is 125 Å². The minimum Gasteiger partial charge on any atom is -0.414 e. The molecule has 0 aromatic heterocycles. The highest BCUT2D eigenvalue weighted by Gasteiger charge is 2.41. The molecular formula is C27H26N3O5P. The number of benzene rings is 4. The maximum Gasteiger partial charge on any atom is 0.457 e. The highest BCUT2D eigenvalue weighted by atomic mass is 31.2. The van der Waals surface area contributed by atoms with Gasteiger partial charge in [0, 0.05) is 37.6 Å². The Morgan fingerprint density at radius 1 is 0.806 bits per heavy atom. The number of nitro groups is 1. The van der Waals surface area contributed by atoms with Crippen molar-refractivity contribution in [2.24, 2.45) is 0 Å². The van der Waals surface area contributed by atoms with Gasteiger partial charge in [0.25, 0.3) is 5.69 Å². The number of nitrogens with one attached hydrogen (secondary N) is 1. The van der Waals surface area contributed by atoms with Crippen LogP contribution in [0.3, 0.4) is 0 Å². The summed E-state index contributed by atoms with van der Waals surface area (Å²) < 4.78 is 26.8. The molecule has 0 saturated carbocycles. The van der Waals surface area contributed by atoms with E-state index in [0.29, 0.717) is 22.7 Å². The summed E-state index contributed by atoms with van der Waals surface area (Å²) in [6.07, 6.45) is 0. The highest BCUT2D eigenvalue weighted by molar-refractivity contribution is 7.55. The quantitative estimate of drug-likeness (QED) is 0.140. The molecule has 0 aliphatic carbocycles. The maximum atomic E-state index is 14.6. The molecule has 0 aliphatic rings. The molecule has 1 N–H and O–H groups in total. The summed E-state index contributed by atoms with van der Waals surface area (Å²) in [6, 6.07) is 31.0. The molecule has 1 atom stereocenters. The smallest absolute Gasteiger partial charge is 0.414 e.